The molecule has 0 N–H and O–H groups in total. The Morgan fingerprint density at radius 2 is 1.87 bits per heavy atom. The first-order valence-corrected chi connectivity index (χ1v) is 5.06. The summed E-state index contributed by atoms with van der Waals surface area (Å²) in [4.78, 5) is 0. The molecule has 0 aliphatic heterocycles. The molecule has 76 valence electrons. The molecule has 2 aromatic rings. The Kier molecular flexibility index (Phi) is 2.82. The second-order valence-corrected chi connectivity index (χ2v) is 3.47. The van der Waals surface area contributed by atoms with Crippen LogP contribution in [-0.2, 0) is 0 Å². The predicted molar refractivity (Wildman–Crippen MR) is 63.6 cm³/mol. The van der Waals surface area contributed by atoms with Crippen LogP contribution < -0.4 is 0 Å². The quantitative estimate of drug-likeness (QED) is 0.681. The third-order valence-electron chi connectivity index (χ3n) is 2.63. The monoisotopic (exact) mass is 200 g/mol. The van der Waals surface area contributed by atoms with Crippen LogP contribution in [0.4, 0.5) is 4.39 Å². The van der Waals surface area contributed by atoms with Crippen LogP contribution in [0.2, 0.25) is 0 Å². The van der Waals surface area contributed by atoms with Crippen molar-refractivity contribution >= 4 is 16.3 Å². The summed E-state index contributed by atoms with van der Waals surface area (Å²) < 4.78 is 12.8. The largest absolute Gasteiger partial charge is 0.246 e. The van der Waals surface area contributed by atoms with Crippen molar-refractivity contribution in [1.29, 1.82) is 0 Å². The average Bonchev–Trinajstić information content (AvgIpc) is 2.31. The van der Waals surface area contributed by atoms with Gasteiger partial charge in [0.1, 0.15) is 6.67 Å². The zero-order valence-corrected chi connectivity index (χ0v) is 8.70. The van der Waals surface area contributed by atoms with Gasteiger partial charge in [-0.2, -0.15) is 0 Å². The summed E-state index contributed by atoms with van der Waals surface area (Å²) in [5.74, 6) is 0. The molecule has 0 aromatic heterocycles. The van der Waals surface area contributed by atoms with E-state index in [0.29, 0.717) is 0 Å². The topological polar surface area (TPSA) is 0 Å². The normalized spacial score (nSPS) is 12.0. The maximum Gasteiger partial charge on any atom is 0.115 e. The SMILES string of the molecule is C/C=C(\CF)c1cccc2ccccc12. The van der Waals surface area contributed by atoms with Crippen molar-refractivity contribution in [3.05, 3.63) is 54.1 Å². The molecule has 0 unspecified atom stereocenters. The predicted octanol–water partition coefficient (Wildman–Crippen LogP) is 4.21. The first kappa shape index (κ1) is 9.91. The number of hydrogen-bond donors (Lipinski definition) is 0. The molecule has 2 aromatic carbocycles. The summed E-state index contributed by atoms with van der Waals surface area (Å²) in [6, 6.07) is 14.0. The van der Waals surface area contributed by atoms with Crippen LogP contribution in [0.5, 0.6) is 0 Å². The minimum absolute atomic E-state index is 0.412. The molecular formula is C14H13F. The first-order chi connectivity index (χ1) is 7.36. The molecule has 2 rings (SSSR count). The van der Waals surface area contributed by atoms with E-state index in [2.05, 4.69) is 0 Å². The van der Waals surface area contributed by atoms with Crippen molar-refractivity contribution < 1.29 is 4.39 Å². The van der Waals surface area contributed by atoms with Gasteiger partial charge in [0.15, 0.2) is 0 Å². The number of hydrogen-bond acceptors (Lipinski definition) is 0. The maximum atomic E-state index is 12.8. The fraction of sp³-hybridized carbons (Fsp3) is 0.143. The van der Waals surface area contributed by atoms with Crippen molar-refractivity contribution in [2.75, 3.05) is 6.67 Å². The zero-order valence-electron chi connectivity index (χ0n) is 8.70. The number of rotatable bonds is 2. The van der Waals surface area contributed by atoms with Crippen molar-refractivity contribution in [2.24, 2.45) is 0 Å². The summed E-state index contributed by atoms with van der Waals surface area (Å²) in [7, 11) is 0. The molecule has 0 amide bonds. The molecule has 0 atom stereocenters. The Morgan fingerprint density at radius 3 is 2.60 bits per heavy atom. The molecule has 0 aliphatic rings. The Balaban J connectivity index is 2.71. The van der Waals surface area contributed by atoms with Crippen molar-refractivity contribution in [3.63, 3.8) is 0 Å². The lowest BCUT2D eigenvalue weighted by Gasteiger charge is -2.07. The molecule has 15 heavy (non-hydrogen) atoms. The summed E-state index contributed by atoms with van der Waals surface area (Å²) in [6.07, 6.45) is 1.84. The highest BCUT2D eigenvalue weighted by atomic mass is 19.1. The van der Waals surface area contributed by atoms with E-state index in [0.717, 1.165) is 21.9 Å². The lowest BCUT2D eigenvalue weighted by Crippen LogP contribution is -1.88. The minimum Gasteiger partial charge on any atom is -0.246 e. The average molecular weight is 200 g/mol. The van der Waals surface area contributed by atoms with E-state index in [9.17, 15) is 4.39 Å². The summed E-state index contributed by atoms with van der Waals surface area (Å²) >= 11 is 0. The second-order valence-electron chi connectivity index (χ2n) is 3.47. The first-order valence-electron chi connectivity index (χ1n) is 5.06. The number of benzene rings is 2. The van der Waals surface area contributed by atoms with Gasteiger partial charge in [-0.15, -0.1) is 0 Å². The van der Waals surface area contributed by atoms with E-state index in [-0.39, 0.29) is 0 Å². The molecule has 0 bridgehead atoms. The van der Waals surface area contributed by atoms with E-state index in [1.165, 1.54) is 0 Å². The molecule has 0 saturated carbocycles. The lowest BCUT2D eigenvalue weighted by atomic mass is 9.99. The van der Waals surface area contributed by atoms with Gasteiger partial charge in [0.25, 0.3) is 0 Å². The number of fused-ring (bicyclic) bond motifs is 1. The molecule has 0 heterocycles. The molecular weight excluding hydrogens is 187 g/mol. The van der Waals surface area contributed by atoms with E-state index >= 15 is 0 Å². The van der Waals surface area contributed by atoms with Gasteiger partial charge < -0.3 is 0 Å². The lowest BCUT2D eigenvalue weighted by molar-refractivity contribution is 0.571. The van der Waals surface area contributed by atoms with Gasteiger partial charge >= 0.3 is 0 Å². The van der Waals surface area contributed by atoms with Gasteiger partial charge in [-0.1, -0.05) is 48.5 Å². The van der Waals surface area contributed by atoms with Crippen LogP contribution in [0.25, 0.3) is 16.3 Å². The minimum atomic E-state index is -0.412. The summed E-state index contributed by atoms with van der Waals surface area (Å²) in [6.45, 7) is 1.46. The van der Waals surface area contributed by atoms with Crippen LogP contribution in [-0.4, -0.2) is 6.67 Å². The number of alkyl halides is 1. The Bertz CT molecular complexity index is 492. The highest BCUT2D eigenvalue weighted by Gasteiger charge is 2.04. The number of halogens is 1. The van der Waals surface area contributed by atoms with Gasteiger partial charge in [0.2, 0.25) is 0 Å². The number of allylic oxidation sites excluding steroid dienone is 2. The second kappa shape index (κ2) is 4.26. The molecule has 0 nitrogen and oxygen atoms in total. The smallest absolute Gasteiger partial charge is 0.115 e. The molecule has 0 fully saturated rings. The van der Waals surface area contributed by atoms with Crippen molar-refractivity contribution in [2.45, 2.75) is 6.92 Å². The molecule has 1 heteroatoms. The van der Waals surface area contributed by atoms with Crippen molar-refractivity contribution in [3.8, 4) is 0 Å². The zero-order chi connectivity index (χ0) is 10.7. The van der Waals surface area contributed by atoms with E-state index in [1.54, 1.807) is 0 Å². The highest BCUT2D eigenvalue weighted by molar-refractivity contribution is 5.93. The standard InChI is InChI=1S/C14H13F/c1-2-11(10-15)13-9-5-7-12-6-3-4-8-14(12)13/h2-9H,10H2,1H3/b11-2+. The van der Waals surface area contributed by atoms with E-state index < -0.39 is 6.67 Å². The fourth-order valence-corrected chi connectivity index (χ4v) is 1.81. The Labute approximate surface area is 89.0 Å². The summed E-state index contributed by atoms with van der Waals surface area (Å²) in [5, 5.41) is 2.27. The van der Waals surface area contributed by atoms with Gasteiger partial charge in [0, 0.05) is 0 Å². The third-order valence-corrected chi connectivity index (χ3v) is 2.63. The highest BCUT2D eigenvalue weighted by Crippen LogP contribution is 2.25. The Hall–Kier alpha value is -1.63. The van der Waals surface area contributed by atoms with Gasteiger partial charge in [-0.3, -0.25) is 0 Å². The maximum absolute atomic E-state index is 12.8. The summed E-state index contributed by atoms with van der Waals surface area (Å²) in [5.41, 5.74) is 1.75. The van der Waals surface area contributed by atoms with Crippen LogP contribution >= 0.6 is 0 Å². The van der Waals surface area contributed by atoms with Gasteiger partial charge in [-0.05, 0) is 28.8 Å². The third kappa shape index (κ3) is 1.78. The van der Waals surface area contributed by atoms with Gasteiger partial charge in [0.05, 0.1) is 0 Å². The van der Waals surface area contributed by atoms with Gasteiger partial charge in [-0.25, -0.2) is 4.39 Å². The van der Waals surface area contributed by atoms with E-state index in [4.69, 9.17) is 0 Å². The molecule has 0 spiro atoms. The van der Waals surface area contributed by atoms with Crippen LogP contribution in [0, 0.1) is 0 Å². The van der Waals surface area contributed by atoms with Crippen LogP contribution in [0.1, 0.15) is 12.5 Å². The van der Waals surface area contributed by atoms with Crippen LogP contribution in [0.15, 0.2) is 48.5 Å². The Morgan fingerprint density at radius 1 is 1.13 bits per heavy atom. The molecule has 0 radical (unpaired) electrons. The van der Waals surface area contributed by atoms with Crippen LogP contribution in [0.3, 0.4) is 0 Å². The van der Waals surface area contributed by atoms with E-state index in [1.807, 2.05) is 55.5 Å². The molecule has 0 saturated heterocycles. The molecule has 0 aliphatic carbocycles. The van der Waals surface area contributed by atoms with Crippen molar-refractivity contribution in [1.82, 2.24) is 0 Å². The fourth-order valence-electron chi connectivity index (χ4n) is 1.81.